The van der Waals surface area contributed by atoms with Crippen LogP contribution in [-0.4, -0.2) is 8.42 Å². The van der Waals surface area contributed by atoms with E-state index in [4.69, 9.17) is 10.4 Å². The van der Waals surface area contributed by atoms with Crippen molar-refractivity contribution in [3.8, 4) is 6.07 Å². The van der Waals surface area contributed by atoms with Gasteiger partial charge >= 0.3 is 0 Å². The number of nitrogens with zero attached hydrogens (tertiary/aromatic N) is 1. The molecule has 1 fully saturated rings. The molecule has 2 N–H and O–H groups in total. The van der Waals surface area contributed by atoms with E-state index in [2.05, 4.69) is 6.07 Å². The highest BCUT2D eigenvalue weighted by Crippen LogP contribution is 2.43. The Kier molecular flexibility index (Phi) is 2.94. The molecule has 1 aliphatic rings. The lowest BCUT2D eigenvalue weighted by Crippen LogP contribution is -2.24. The third-order valence-corrected chi connectivity index (χ3v) is 4.20. The predicted octanol–water partition coefficient (Wildman–Crippen LogP) is 1.66. The summed E-state index contributed by atoms with van der Waals surface area (Å²) < 4.78 is 23.0. The van der Waals surface area contributed by atoms with Gasteiger partial charge in [0.2, 0.25) is 10.0 Å². The first-order chi connectivity index (χ1) is 7.91. The number of hydrogen-bond donors (Lipinski definition) is 1. The summed E-state index contributed by atoms with van der Waals surface area (Å²) in [4.78, 5) is 0.207. The van der Waals surface area contributed by atoms with Crippen LogP contribution in [0.15, 0.2) is 23.1 Å². The molecule has 0 radical (unpaired) electrons. The van der Waals surface area contributed by atoms with Crippen molar-refractivity contribution >= 4 is 10.0 Å². The normalized spacial score (nSPS) is 23.8. The molecule has 0 aliphatic heterocycles. The van der Waals surface area contributed by atoms with Gasteiger partial charge in [0.15, 0.2) is 0 Å². The van der Waals surface area contributed by atoms with E-state index in [0.717, 1.165) is 24.0 Å². The summed E-state index contributed by atoms with van der Waals surface area (Å²) in [5.74, 6) is 0.197. The number of benzene rings is 1. The fraction of sp³-hybridized carbons (Fsp3) is 0.417. The van der Waals surface area contributed by atoms with Gasteiger partial charge in [-0.25, -0.2) is 13.6 Å². The molecule has 1 saturated carbocycles. The second-order valence-electron chi connectivity index (χ2n) is 4.58. The predicted molar refractivity (Wildman–Crippen MR) is 63.6 cm³/mol. The first kappa shape index (κ1) is 12.1. The molecule has 1 aromatic carbocycles. The summed E-state index contributed by atoms with van der Waals surface area (Å²) in [5, 5.41) is 13.9. The SMILES string of the molecule is Cc1ccc(C2CC(C#N)C2)c(S(N)(=O)=O)c1. The molecule has 0 saturated heterocycles. The molecule has 1 aliphatic carbocycles. The zero-order valence-electron chi connectivity index (χ0n) is 9.55. The zero-order valence-corrected chi connectivity index (χ0v) is 10.4. The topological polar surface area (TPSA) is 83.9 Å². The standard InChI is InChI=1S/C12H14N2O2S/c1-8-2-3-11(10-5-9(6-10)7-13)12(4-8)17(14,15)16/h2-4,9-10H,5-6H2,1H3,(H2,14,15,16). The first-order valence-corrected chi connectivity index (χ1v) is 6.99. The number of nitriles is 1. The van der Waals surface area contributed by atoms with Gasteiger partial charge in [-0.2, -0.15) is 5.26 Å². The zero-order chi connectivity index (χ0) is 12.6. The van der Waals surface area contributed by atoms with Crippen molar-refractivity contribution < 1.29 is 8.42 Å². The highest BCUT2D eigenvalue weighted by atomic mass is 32.2. The Hall–Kier alpha value is -1.38. The van der Waals surface area contributed by atoms with Crippen LogP contribution >= 0.6 is 0 Å². The second kappa shape index (κ2) is 4.13. The van der Waals surface area contributed by atoms with Crippen LogP contribution in [0.3, 0.4) is 0 Å². The minimum absolute atomic E-state index is 0.0506. The van der Waals surface area contributed by atoms with Crippen molar-refractivity contribution in [1.82, 2.24) is 0 Å². The third-order valence-electron chi connectivity index (χ3n) is 3.24. The smallest absolute Gasteiger partial charge is 0.225 e. The molecule has 0 atom stereocenters. The van der Waals surface area contributed by atoms with Crippen LogP contribution in [0.2, 0.25) is 0 Å². The monoisotopic (exact) mass is 250 g/mol. The van der Waals surface area contributed by atoms with Crippen LogP contribution in [0.1, 0.15) is 29.9 Å². The Morgan fingerprint density at radius 2 is 2.06 bits per heavy atom. The molecular weight excluding hydrogens is 236 g/mol. The van der Waals surface area contributed by atoms with Gasteiger partial charge in [-0.15, -0.1) is 0 Å². The van der Waals surface area contributed by atoms with Gasteiger partial charge < -0.3 is 0 Å². The van der Waals surface area contributed by atoms with Crippen molar-refractivity contribution in [3.63, 3.8) is 0 Å². The molecule has 1 aromatic rings. The lowest BCUT2D eigenvalue weighted by Gasteiger charge is -2.32. The molecular formula is C12H14N2O2S. The van der Waals surface area contributed by atoms with Crippen molar-refractivity contribution in [2.45, 2.75) is 30.6 Å². The van der Waals surface area contributed by atoms with E-state index >= 15 is 0 Å². The molecule has 0 heterocycles. The number of primary sulfonamides is 1. The lowest BCUT2D eigenvalue weighted by atomic mass is 9.72. The maximum absolute atomic E-state index is 11.5. The maximum atomic E-state index is 11.5. The Balaban J connectivity index is 2.39. The summed E-state index contributed by atoms with van der Waals surface area (Å²) >= 11 is 0. The van der Waals surface area contributed by atoms with E-state index in [9.17, 15) is 8.42 Å². The van der Waals surface area contributed by atoms with E-state index in [1.54, 1.807) is 6.07 Å². The Morgan fingerprint density at radius 1 is 1.41 bits per heavy atom. The van der Waals surface area contributed by atoms with Crippen molar-refractivity contribution in [2.24, 2.45) is 11.1 Å². The molecule has 0 amide bonds. The van der Waals surface area contributed by atoms with Gasteiger partial charge in [0.1, 0.15) is 0 Å². The van der Waals surface area contributed by atoms with Crippen LogP contribution in [0.5, 0.6) is 0 Å². The molecule has 0 unspecified atom stereocenters. The Labute approximate surface area is 101 Å². The van der Waals surface area contributed by atoms with E-state index in [0.29, 0.717) is 0 Å². The molecule has 0 spiro atoms. The lowest BCUT2D eigenvalue weighted by molar-refractivity contribution is 0.327. The molecule has 17 heavy (non-hydrogen) atoms. The second-order valence-corrected chi connectivity index (χ2v) is 6.11. The van der Waals surface area contributed by atoms with Crippen LogP contribution in [0.25, 0.3) is 0 Å². The maximum Gasteiger partial charge on any atom is 0.238 e. The Bertz CT molecular complexity index is 581. The molecule has 2 rings (SSSR count). The van der Waals surface area contributed by atoms with Crippen molar-refractivity contribution in [2.75, 3.05) is 0 Å². The van der Waals surface area contributed by atoms with Gasteiger partial charge in [0.25, 0.3) is 0 Å². The summed E-state index contributed by atoms with van der Waals surface area (Å²) in [6, 6.07) is 7.48. The molecule has 5 heteroatoms. The number of nitrogens with two attached hydrogens (primary N) is 1. The summed E-state index contributed by atoms with van der Waals surface area (Å²) in [5.41, 5.74) is 1.62. The minimum atomic E-state index is -3.68. The minimum Gasteiger partial charge on any atom is -0.225 e. The van der Waals surface area contributed by atoms with Crippen molar-refractivity contribution in [3.05, 3.63) is 29.3 Å². The van der Waals surface area contributed by atoms with Gasteiger partial charge in [-0.3, -0.25) is 0 Å². The average Bonchev–Trinajstić information content (AvgIpc) is 2.17. The molecule has 0 aromatic heterocycles. The van der Waals surface area contributed by atoms with Crippen molar-refractivity contribution in [1.29, 1.82) is 5.26 Å². The number of sulfonamides is 1. The van der Waals surface area contributed by atoms with E-state index < -0.39 is 10.0 Å². The number of hydrogen-bond acceptors (Lipinski definition) is 3. The molecule has 4 nitrogen and oxygen atoms in total. The average molecular weight is 250 g/mol. The van der Waals surface area contributed by atoms with E-state index in [1.807, 2.05) is 19.1 Å². The van der Waals surface area contributed by atoms with Crippen LogP contribution in [0.4, 0.5) is 0 Å². The largest absolute Gasteiger partial charge is 0.238 e. The molecule has 0 bridgehead atoms. The highest BCUT2D eigenvalue weighted by Gasteiger charge is 2.33. The van der Waals surface area contributed by atoms with E-state index in [1.165, 1.54) is 0 Å². The fourth-order valence-corrected chi connectivity index (χ4v) is 3.12. The van der Waals surface area contributed by atoms with Crippen LogP contribution < -0.4 is 5.14 Å². The first-order valence-electron chi connectivity index (χ1n) is 5.45. The number of rotatable bonds is 2. The van der Waals surface area contributed by atoms with Gasteiger partial charge in [0, 0.05) is 5.92 Å². The van der Waals surface area contributed by atoms with Gasteiger partial charge in [-0.05, 0) is 42.9 Å². The summed E-state index contributed by atoms with van der Waals surface area (Å²) in [7, 11) is -3.68. The highest BCUT2D eigenvalue weighted by molar-refractivity contribution is 7.89. The third kappa shape index (κ3) is 2.33. The fourth-order valence-electron chi connectivity index (χ4n) is 2.20. The molecule has 90 valence electrons. The van der Waals surface area contributed by atoms with Gasteiger partial charge in [0.05, 0.1) is 11.0 Å². The van der Waals surface area contributed by atoms with E-state index in [-0.39, 0.29) is 16.7 Å². The summed E-state index contributed by atoms with van der Waals surface area (Å²) in [6.07, 6.45) is 1.45. The Morgan fingerprint density at radius 3 is 2.59 bits per heavy atom. The quantitative estimate of drug-likeness (QED) is 0.866. The van der Waals surface area contributed by atoms with Gasteiger partial charge in [-0.1, -0.05) is 12.1 Å². The van der Waals surface area contributed by atoms with Crippen LogP contribution in [-0.2, 0) is 10.0 Å². The number of aryl methyl sites for hydroxylation is 1. The van der Waals surface area contributed by atoms with Crippen LogP contribution in [0, 0.1) is 24.2 Å². The summed E-state index contributed by atoms with van der Waals surface area (Å²) in [6.45, 7) is 1.83.